The van der Waals surface area contributed by atoms with Gasteiger partial charge in [-0.1, -0.05) is 15.9 Å². The third-order valence-corrected chi connectivity index (χ3v) is 3.88. The molecule has 1 aromatic carbocycles. The van der Waals surface area contributed by atoms with E-state index in [4.69, 9.17) is 4.74 Å². The van der Waals surface area contributed by atoms with Gasteiger partial charge in [-0.05, 0) is 45.7 Å². The van der Waals surface area contributed by atoms with Gasteiger partial charge in [0.15, 0.2) is 6.29 Å². The van der Waals surface area contributed by atoms with E-state index in [0.29, 0.717) is 22.4 Å². The molecule has 2 aromatic rings. The van der Waals surface area contributed by atoms with Gasteiger partial charge in [0, 0.05) is 16.0 Å². The summed E-state index contributed by atoms with van der Waals surface area (Å²) in [7, 11) is 0. The molecule has 0 saturated heterocycles. The lowest BCUT2D eigenvalue weighted by Gasteiger charge is -2.20. The molecule has 1 aliphatic rings. The Labute approximate surface area is 136 Å². The Morgan fingerprint density at radius 1 is 1.41 bits per heavy atom. The van der Waals surface area contributed by atoms with E-state index < -0.39 is 11.7 Å². The van der Waals surface area contributed by atoms with E-state index >= 15 is 0 Å². The van der Waals surface area contributed by atoms with Crippen molar-refractivity contribution in [3.05, 3.63) is 28.0 Å². The average Bonchev–Trinajstić information content (AvgIpc) is 3.16. The van der Waals surface area contributed by atoms with E-state index in [0.717, 1.165) is 23.6 Å². The number of aromatic nitrogens is 2. The van der Waals surface area contributed by atoms with Crippen molar-refractivity contribution in [2.24, 2.45) is 0 Å². The minimum atomic E-state index is -0.589. The fourth-order valence-corrected chi connectivity index (χ4v) is 2.85. The zero-order chi connectivity index (χ0) is 16.1. The number of halogens is 1. The minimum Gasteiger partial charge on any atom is -0.443 e. The van der Waals surface area contributed by atoms with Crippen molar-refractivity contribution in [2.75, 3.05) is 0 Å². The molecular formula is C16H17BrN2O3. The van der Waals surface area contributed by atoms with Gasteiger partial charge in [-0.3, -0.25) is 4.79 Å². The van der Waals surface area contributed by atoms with E-state index in [1.54, 1.807) is 12.1 Å². The number of carbonyl (C=O) groups excluding carboxylic acids is 2. The average molecular weight is 365 g/mol. The highest BCUT2D eigenvalue weighted by molar-refractivity contribution is 9.10. The largest absolute Gasteiger partial charge is 0.443 e. The summed E-state index contributed by atoms with van der Waals surface area (Å²) in [6.45, 7) is 5.48. The normalized spacial score (nSPS) is 15.1. The van der Waals surface area contributed by atoms with E-state index in [1.807, 2.05) is 20.8 Å². The van der Waals surface area contributed by atoms with Crippen LogP contribution in [0.3, 0.4) is 0 Å². The monoisotopic (exact) mass is 364 g/mol. The molecule has 0 amide bonds. The predicted molar refractivity (Wildman–Crippen MR) is 86.4 cm³/mol. The molecule has 0 aliphatic heterocycles. The van der Waals surface area contributed by atoms with Crippen molar-refractivity contribution in [3.63, 3.8) is 0 Å². The molecular weight excluding hydrogens is 348 g/mol. The van der Waals surface area contributed by atoms with Gasteiger partial charge in [0.1, 0.15) is 11.4 Å². The van der Waals surface area contributed by atoms with Crippen LogP contribution in [0.1, 0.15) is 55.7 Å². The summed E-state index contributed by atoms with van der Waals surface area (Å²) >= 11 is 3.38. The molecule has 0 bridgehead atoms. The van der Waals surface area contributed by atoms with Crippen molar-refractivity contribution in [1.29, 1.82) is 0 Å². The molecule has 0 radical (unpaired) electrons. The lowest BCUT2D eigenvalue weighted by Crippen LogP contribution is -2.28. The number of hydrogen-bond donors (Lipinski definition) is 0. The zero-order valence-electron chi connectivity index (χ0n) is 12.7. The molecule has 22 heavy (non-hydrogen) atoms. The summed E-state index contributed by atoms with van der Waals surface area (Å²) in [5, 5.41) is 0. The van der Waals surface area contributed by atoms with Crippen LogP contribution in [0, 0.1) is 0 Å². The smallest absolute Gasteiger partial charge is 0.420 e. The first-order valence-corrected chi connectivity index (χ1v) is 8.00. The Kier molecular flexibility index (Phi) is 3.59. The highest BCUT2D eigenvalue weighted by Crippen LogP contribution is 2.41. The number of hydrogen-bond acceptors (Lipinski definition) is 4. The highest BCUT2D eigenvalue weighted by atomic mass is 79.9. The van der Waals surface area contributed by atoms with Gasteiger partial charge in [-0.25, -0.2) is 14.3 Å². The van der Waals surface area contributed by atoms with E-state index in [-0.39, 0.29) is 5.92 Å². The van der Waals surface area contributed by atoms with Crippen LogP contribution >= 0.6 is 15.9 Å². The Balaban J connectivity index is 2.22. The summed E-state index contributed by atoms with van der Waals surface area (Å²) in [6, 6.07) is 3.50. The molecule has 0 spiro atoms. The molecule has 116 valence electrons. The predicted octanol–water partition coefficient (Wildman–Crippen LogP) is 4.27. The molecule has 1 aliphatic carbocycles. The van der Waals surface area contributed by atoms with Crippen LogP contribution in [0.2, 0.25) is 0 Å². The Morgan fingerprint density at radius 2 is 2.09 bits per heavy atom. The SMILES string of the molecule is CC(C)(C)OC(=O)n1c(C2CC2)nc2c(C=O)cc(Br)cc21. The molecule has 1 aromatic heterocycles. The maximum Gasteiger partial charge on any atom is 0.420 e. The van der Waals surface area contributed by atoms with Crippen molar-refractivity contribution >= 4 is 39.3 Å². The molecule has 1 saturated carbocycles. The third-order valence-electron chi connectivity index (χ3n) is 3.43. The molecule has 3 rings (SSSR count). The number of ether oxygens (including phenoxy) is 1. The number of benzene rings is 1. The quantitative estimate of drug-likeness (QED) is 0.746. The maximum atomic E-state index is 12.6. The Hall–Kier alpha value is -1.69. The zero-order valence-corrected chi connectivity index (χ0v) is 14.3. The summed E-state index contributed by atoms with van der Waals surface area (Å²) in [5.41, 5.74) is 1.03. The van der Waals surface area contributed by atoms with Crippen LogP contribution < -0.4 is 0 Å². The number of rotatable bonds is 2. The van der Waals surface area contributed by atoms with Gasteiger partial charge in [-0.15, -0.1) is 0 Å². The Morgan fingerprint density at radius 3 is 2.64 bits per heavy atom. The number of nitrogens with zero attached hydrogens (tertiary/aromatic N) is 2. The van der Waals surface area contributed by atoms with Crippen LogP contribution in [0.5, 0.6) is 0 Å². The van der Waals surface area contributed by atoms with Gasteiger partial charge < -0.3 is 4.74 Å². The van der Waals surface area contributed by atoms with E-state index in [9.17, 15) is 9.59 Å². The fourth-order valence-electron chi connectivity index (χ4n) is 2.39. The summed E-state index contributed by atoms with van der Waals surface area (Å²) in [5.74, 6) is 0.948. The number of aldehydes is 1. The topological polar surface area (TPSA) is 61.2 Å². The van der Waals surface area contributed by atoms with E-state index in [1.165, 1.54) is 4.57 Å². The molecule has 1 fully saturated rings. The van der Waals surface area contributed by atoms with E-state index in [2.05, 4.69) is 20.9 Å². The second-order valence-corrected chi connectivity index (χ2v) is 7.46. The van der Waals surface area contributed by atoms with Crippen LogP contribution in [0.25, 0.3) is 11.0 Å². The van der Waals surface area contributed by atoms with Crippen molar-refractivity contribution in [3.8, 4) is 0 Å². The second-order valence-electron chi connectivity index (χ2n) is 6.54. The van der Waals surface area contributed by atoms with Gasteiger partial charge in [0.2, 0.25) is 0 Å². The summed E-state index contributed by atoms with van der Waals surface area (Å²) in [6.07, 6.45) is 2.32. The fraction of sp³-hybridized carbons (Fsp3) is 0.438. The van der Waals surface area contributed by atoms with Crippen LogP contribution in [0.15, 0.2) is 16.6 Å². The van der Waals surface area contributed by atoms with Crippen molar-refractivity contribution in [1.82, 2.24) is 9.55 Å². The Bertz CT molecular complexity index is 770. The summed E-state index contributed by atoms with van der Waals surface area (Å²) < 4.78 is 7.74. The van der Waals surface area contributed by atoms with Gasteiger partial charge in [-0.2, -0.15) is 0 Å². The van der Waals surface area contributed by atoms with Crippen LogP contribution in [0.4, 0.5) is 4.79 Å². The van der Waals surface area contributed by atoms with Gasteiger partial charge in [0.25, 0.3) is 0 Å². The van der Waals surface area contributed by atoms with Crippen LogP contribution in [-0.4, -0.2) is 27.5 Å². The highest BCUT2D eigenvalue weighted by Gasteiger charge is 2.33. The maximum absolute atomic E-state index is 12.6. The first-order valence-electron chi connectivity index (χ1n) is 7.20. The second kappa shape index (κ2) is 5.19. The van der Waals surface area contributed by atoms with Gasteiger partial charge in [0.05, 0.1) is 11.0 Å². The number of imidazole rings is 1. The first-order chi connectivity index (χ1) is 10.3. The molecule has 0 unspecified atom stereocenters. The summed E-state index contributed by atoms with van der Waals surface area (Å²) in [4.78, 5) is 28.4. The van der Waals surface area contributed by atoms with Crippen LogP contribution in [-0.2, 0) is 4.74 Å². The first kappa shape index (κ1) is 15.2. The molecule has 0 atom stereocenters. The van der Waals surface area contributed by atoms with Gasteiger partial charge >= 0.3 is 6.09 Å². The molecule has 1 heterocycles. The standard InChI is InChI=1S/C16H17BrN2O3/c1-16(2,3)22-15(21)19-12-7-11(17)6-10(8-20)13(12)18-14(19)9-4-5-9/h6-9H,4-5H2,1-3H3. The molecule has 0 N–H and O–H groups in total. The molecule has 5 nitrogen and oxygen atoms in total. The number of fused-ring (bicyclic) bond motifs is 1. The minimum absolute atomic E-state index is 0.262. The number of carbonyl (C=O) groups is 2. The van der Waals surface area contributed by atoms with Crippen molar-refractivity contribution in [2.45, 2.75) is 45.1 Å². The molecule has 6 heteroatoms. The lowest BCUT2D eigenvalue weighted by atomic mass is 10.2. The van der Waals surface area contributed by atoms with Crippen molar-refractivity contribution < 1.29 is 14.3 Å². The lowest BCUT2D eigenvalue weighted by molar-refractivity contribution is 0.0539. The third kappa shape index (κ3) is 2.79.